The summed E-state index contributed by atoms with van der Waals surface area (Å²) in [6.45, 7) is 5.24. The van der Waals surface area contributed by atoms with E-state index in [9.17, 15) is 18.0 Å². The van der Waals surface area contributed by atoms with Gasteiger partial charge >= 0.3 is 0 Å². The number of anilines is 1. The smallest absolute Gasteiger partial charge is 0.264 e. The van der Waals surface area contributed by atoms with E-state index in [0.717, 1.165) is 25.5 Å². The maximum atomic E-state index is 14.7. The zero-order valence-corrected chi connectivity index (χ0v) is 30.3. The van der Waals surface area contributed by atoms with Gasteiger partial charge in [0.25, 0.3) is 10.0 Å². The molecule has 0 spiro atoms. The Morgan fingerprint density at radius 3 is 2.10 bits per heavy atom. The van der Waals surface area contributed by atoms with Gasteiger partial charge in [-0.1, -0.05) is 83.0 Å². The third-order valence-corrected chi connectivity index (χ3v) is 10.4. The van der Waals surface area contributed by atoms with Crippen molar-refractivity contribution in [1.82, 2.24) is 10.2 Å². The van der Waals surface area contributed by atoms with Gasteiger partial charge in [-0.25, -0.2) is 8.42 Å². The highest BCUT2D eigenvalue weighted by Crippen LogP contribution is 2.34. The molecule has 254 valence electrons. The minimum absolute atomic E-state index is 0.0190. The van der Waals surface area contributed by atoms with E-state index in [-0.39, 0.29) is 35.5 Å². The van der Waals surface area contributed by atoms with Crippen molar-refractivity contribution in [2.24, 2.45) is 0 Å². The van der Waals surface area contributed by atoms with Crippen molar-refractivity contribution < 1.29 is 27.5 Å². The standard InChI is InChI=1S/C37H42BrN3O6S/c1-6-27(3)39-37(43)33(22-28-10-8-7-9-11-28)40(24-29-14-16-30(38)17-15-29)36(42)25-41(31-18-21-34(46-4)35(23-31)47-5)48(44,45)32-19-12-26(2)13-20-32/h7-21,23,27,33H,6,22,24-25H2,1-5H3,(H,39,43)/t27-,33+/m1/s1. The monoisotopic (exact) mass is 735 g/mol. The lowest BCUT2D eigenvalue weighted by Crippen LogP contribution is -2.54. The molecule has 11 heteroatoms. The minimum atomic E-state index is -4.27. The quantitative estimate of drug-likeness (QED) is 0.149. The minimum Gasteiger partial charge on any atom is -0.493 e. The third-order valence-electron chi connectivity index (χ3n) is 8.08. The molecule has 0 saturated heterocycles. The van der Waals surface area contributed by atoms with Crippen LogP contribution in [0.4, 0.5) is 5.69 Å². The van der Waals surface area contributed by atoms with Crippen LogP contribution in [0.15, 0.2) is 106 Å². The normalized spacial score (nSPS) is 12.5. The predicted molar refractivity (Wildman–Crippen MR) is 192 cm³/mol. The summed E-state index contributed by atoms with van der Waals surface area (Å²) in [6.07, 6.45) is 0.929. The van der Waals surface area contributed by atoms with Gasteiger partial charge in [-0.3, -0.25) is 13.9 Å². The fourth-order valence-corrected chi connectivity index (χ4v) is 6.80. The lowest BCUT2D eigenvalue weighted by molar-refractivity contribution is -0.140. The molecular weight excluding hydrogens is 694 g/mol. The number of sulfonamides is 1. The number of halogens is 1. The zero-order valence-electron chi connectivity index (χ0n) is 27.9. The summed E-state index contributed by atoms with van der Waals surface area (Å²) in [7, 11) is -1.33. The first kappa shape index (κ1) is 36.5. The van der Waals surface area contributed by atoms with Crippen LogP contribution in [0, 0.1) is 6.92 Å². The number of aryl methyl sites for hydroxylation is 1. The number of carbonyl (C=O) groups is 2. The first-order valence-corrected chi connectivity index (χ1v) is 17.9. The van der Waals surface area contributed by atoms with Crippen molar-refractivity contribution in [2.75, 3.05) is 25.1 Å². The van der Waals surface area contributed by atoms with Gasteiger partial charge in [0, 0.05) is 29.5 Å². The molecule has 2 amide bonds. The molecule has 0 bridgehead atoms. The van der Waals surface area contributed by atoms with Crippen molar-refractivity contribution in [2.45, 2.75) is 57.1 Å². The molecule has 0 heterocycles. The fourth-order valence-electron chi connectivity index (χ4n) is 5.13. The van der Waals surface area contributed by atoms with E-state index in [1.807, 2.05) is 75.4 Å². The van der Waals surface area contributed by atoms with Gasteiger partial charge in [-0.05, 0) is 67.8 Å². The summed E-state index contributed by atoms with van der Waals surface area (Å²) in [5, 5.41) is 3.05. The maximum absolute atomic E-state index is 14.7. The van der Waals surface area contributed by atoms with Gasteiger partial charge in [0.05, 0.1) is 24.8 Å². The summed E-state index contributed by atoms with van der Waals surface area (Å²) in [5.41, 5.74) is 2.73. The second kappa shape index (κ2) is 16.7. The number of benzene rings is 4. The van der Waals surface area contributed by atoms with Gasteiger partial charge < -0.3 is 19.7 Å². The number of carbonyl (C=O) groups excluding carboxylic acids is 2. The number of ether oxygens (including phenoxy) is 2. The van der Waals surface area contributed by atoms with E-state index < -0.39 is 28.5 Å². The van der Waals surface area contributed by atoms with E-state index in [0.29, 0.717) is 17.9 Å². The zero-order chi connectivity index (χ0) is 34.8. The maximum Gasteiger partial charge on any atom is 0.264 e. The number of hydrogen-bond acceptors (Lipinski definition) is 6. The van der Waals surface area contributed by atoms with E-state index >= 15 is 0 Å². The average molecular weight is 737 g/mol. The predicted octanol–water partition coefficient (Wildman–Crippen LogP) is 6.52. The van der Waals surface area contributed by atoms with Crippen LogP contribution in [0.5, 0.6) is 11.5 Å². The molecule has 4 rings (SSSR count). The number of nitrogens with one attached hydrogen (secondary N) is 1. The van der Waals surface area contributed by atoms with Crippen LogP contribution in [0.25, 0.3) is 0 Å². The van der Waals surface area contributed by atoms with Crippen molar-refractivity contribution >= 4 is 43.5 Å². The van der Waals surface area contributed by atoms with Crippen LogP contribution in [-0.2, 0) is 32.6 Å². The van der Waals surface area contributed by atoms with Crippen molar-refractivity contribution in [3.8, 4) is 11.5 Å². The van der Waals surface area contributed by atoms with Gasteiger partial charge in [0.2, 0.25) is 11.8 Å². The molecular formula is C37H42BrN3O6S. The van der Waals surface area contributed by atoms with E-state index in [4.69, 9.17) is 9.47 Å². The Hall–Kier alpha value is -4.35. The van der Waals surface area contributed by atoms with Crippen molar-refractivity contribution in [3.63, 3.8) is 0 Å². The second-order valence-electron chi connectivity index (χ2n) is 11.5. The Morgan fingerprint density at radius 1 is 0.854 bits per heavy atom. The highest BCUT2D eigenvalue weighted by Gasteiger charge is 2.35. The van der Waals surface area contributed by atoms with Crippen molar-refractivity contribution in [1.29, 1.82) is 0 Å². The van der Waals surface area contributed by atoms with Crippen LogP contribution in [-0.4, -0.2) is 58.0 Å². The molecule has 0 fully saturated rings. The number of methoxy groups -OCH3 is 2. The molecule has 0 aliphatic heterocycles. The topological polar surface area (TPSA) is 105 Å². The Bertz CT molecular complexity index is 1780. The largest absolute Gasteiger partial charge is 0.493 e. The van der Waals surface area contributed by atoms with E-state index in [2.05, 4.69) is 21.2 Å². The molecule has 0 aliphatic rings. The molecule has 0 saturated carbocycles. The molecule has 0 aliphatic carbocycles. The van der Waals surface area contributed by atoms with E-state index in [1.165, 1.54) is 37.3 Å². The molecule has 4 aromatic carbocycles. The summed E-state index contributed by atoms with van der Waals surface area (Å²) in [4.78, 5) is 30.2. The van der Waals surface area contributed by atoms with Crippen molar-refractivity contribution in [3.05, 3.63) is 118 Å². The van der Waals surface area contributed by atoms with Gasteiger partial charge in [-0.2, -0.15) is 0 Å². The molecule has 0 aromatic heterocycles. The highest BCUT2D eigenvalue weighted by molar-refractivity contribution is 9.10. The molecule has 9 nitrogen and oxygen atoms in total. The first-order valence-electron chi connectivity index (χ1n) is 15.7. The number of hydrogen-bond donors (Lipinski definition) is 1. The summed E-state index contributed by atoms with van der Waals surface area (Å²) >= 11 is 3.46. The lowest BCUT2D eigenvalue weighted by Gasteiger charge is -2.34. The Kier molecular flexibility index (Phi) is 12.7. The Balaban J connectivity index is 1.84. The van der Waals surface area contributed by atoms with Gasteiger partial charge in [0.15, 0.2) is 11.5 Å². The van der Waals surface area contributed by atoms with E-state index in [1.54, 1.807) is 24.3 Å². The SMILES string of the molecule is CC[C@@H](C)NC(=O)[C@H](Cc1ccccc1)N(Cc1ccc(Br)cc1)C(=O)CN(c1ccc(OC)c(OC)c1)S(=O)(=O)c1ccc(C)cc1. The van der Waals surface area contributed by atoms with Gasteiger partial charge in [0.1, 0.15) is 12.6 Å². The summed E-state index contributed by atoms with van der Waals surface area (Å²) < 4.78 is 41.5. The first-order chi connectivity index (χ1) is 23.0. The molecule has 2 atom stereocenters. The Labute approximate surface area is 292 Å². The molecule has 0 radical (unpaired) electrons. The van der Waals surface area contributed by atoms with Crippen LogP contribution >= 0.6 is 15.9 Å². The number of rotatable bonds is 15. The molecule has 4 aromatic rings. The average Bonchev–Trinajstić information content (AvgIpc) is 3.09. The summed E-state index contributed by atoms with van der Waals surface area (Å²) in [5.74, 6) is -0.170. The molecule has 48 heavy (non-hydrogen) atoms. The molecule has 1 N–H and O–H groups in total. The van der Waals surface area contributed by atoms with Crippen LogP contribution in [0.1, 0.15) is 37.0 Å². The fraction of sp³-hybridized carbons (Fsp3) is 0.297. The van der Waals surface area contributed by atoms with Crippen LogP contribution in [0.2, 0.25) is 0 Å². The lowest BCUT2D eigenvalue weighted by atomic mass is 10.0. The van der Waals surface area contributed by atoms with Gasteiger partial charge in [-0.15, -0.1) is 0 Å². The summed E-state index contributed by atoms with van der Waals surface area (Å²) in [6, 6.07) is 27.0. The number of nitrogens with zero attached hydrogens (tertiary/aromatic N) is 2. The van der Waals surface area contributed by atoms with Crippen LogP contribution in [0.3, 0.4) is 0 Å². The Morgan fingerprint density at radius 2 is 1.50 bits per heavy atom. The molecule has 0 unspecified atom stereocenters. The third kappa shape index (κ3) is 9.17. The van der Waals surface area contributed by atoms with Crippen LogP contribution < -0.4 is 19.1 Å². The number of amides is 2. The second-order valence-corrected chi connectivity index (χ2v) is 14.3. The highest BCUT2D eigenvalue weighted by atomic mass is 79.9.